The zero-order valence-electron chi connectivity index (χ0n) is 14.3. The van der Waals surface area contributed by atoms with Crippen LogP contribution in [-0.2, 0) is 28.6 Å². The van der Waals surface area contributed by atoms with Crippen LogP contribution in [0.4, 0.5) is 4.39 Å². The molecule has 0 radical (unpaired) electrons. The Morgan fingerprint density at radius 1 is 1.15 bits per heavy atom. The summed E-state index contributed by atoms with van der Waals surface area (Å²) < 4.78 is 40.1. The van der Waals surface area contributed by atoms with Gasteiger partial charge in [-0.05, 0) is 29.3 Å². The van der Waals surface area contributed by atoms with Crippen LogP contribution in [0.2, 0.25) is 5.02 Å². The number of aromatic amines is 1. The fourth-order valence-corrected chi connectivity index (χ4v) is 4.01. The topological polar surface area (TPSA) is 87.7 Å². The van der Waals surface area contributed by atoms with Gasteiger partial charge in [0.1, 0.15) is 11.6 Å². The van der Waals surface area contributed by atoms with Crippen molar-refractivity contribution in [3.63, 3.8) is 0 Å². The van der Waals surface area contributed by atoms with Crippen LogP contribution in [0.15, 0.2) is 48.5 Å². The summed E-state index contributed by atoms with van der Waals surface area (Å²) >= 11 is 6.00. The zero-order chi connectivity index (χ0) is 19.3. The quantitative estimate of drug-likeness (QED) is 0.600. The molecular weight excluding hydrogens is 391 g/mol. The Hall–Kier alpha value is -2.29. The van der Waals surface area contributed by atoms with Crippen molar-refractivity contribution in [3.05, 3.63) is 82.1 Å². The van der Waals surface area contributed by atoms with Gasteiger partial charge in [0.25, 0.3) is 0 Å². The molecule has 0 fully saturated rings. The third-order valence-electron chi connectivity index (χ3n) is 3.81. The summed E-state index contributed by atoms with van der Waals surface area (Å²) in [5, 5.41) is 7.27. The average Bonchev–Trinajstić information content (AvgIpc) is 3.04. The first-order chi connectivity index (χ1) is 12.9. The van der Waals surface area contributed by atoms with Gasteiger partial charge in [-0.15, -0.1) is 0 Å². The fraction of sp³-hybridized carbons (Fsp3) is 0.222. The van der Waals surface area contributed by atoms with Crippen LogP contribution < -0.4 is 4.72 Å². The monoisotopic (exact) mass is 408 g/mol. The maximum atomic E-state index is 13.2. The van der Waals surface area contributed by atoms with Gasteiger partial charge >= 0.3 is 0 Å². The number of nitrogens with zero attached hydrogens (tertiary/aromatic N) is 2. The molecule has 9 heteroatoms. The van der Waals surface area contributed by atoms with Gasteiger partial charge in [0.05, 0.1) is 5.75 Å². The molecule has 3 aromatic rings. The predicted octanol–water partition coefficient (Wildman–Crippen LogP) is 2.85. The van der Waals surface area contributed by atoms with Gasteiger partial charge < -0.3 is 0 Å². The molecule has 0 aliphatic carbocycles. The van der Waals surface area contributed by atoms with E-state index < -0.39 is 10.0 Å². The molecule has 2 aromatic carbocycles. The zero-order valence-corrected chi connectivity index (χ0v) is 15.9. The van der Waals surface area contributed by atoms with E-state index in [2.05, 4.69) is 19.9 Å². The van der Waals surface area contributed by atoms with Crippen LogP contribution in [0, 0.1) is 5.82 Å². The van der Waals surface area contributed by atoms with E-state index in [-0.39, 0.29) is 18.1 Å². The van der Waals surface area contributed by atoms with Crippen molar-refractivity contribution >= 4 is 21.6 Å². The summed E-state index contributed by atoms with van der Waals surface area (Å²) in [7, 11) is -3.52. The second kappa shape index (κ2) is 8.60. The van der Waals surface area contributed by atoms with Crippen LogP contribution in [0.5, 0.6) is 0 Å². The Kier molecular flexibility index (Phi) is 6.20. The molecule has 0 amide bonds. The maximum absolute atomic E-state index is 13.2. The molecule has 0 aliphatic rings. The highest BCUT2D eigenvalue weighted by atomic mass is 35.5. The number of nitrogens with one attached hydrogen (secondary N) is 2. The smallest absolute Gasteiger partial charge is 0.215 e. The van der Waals surface area contributed by atoms with Crippen molar-refractivity contribution in [3.8, 4) is 0 Å². The number of hydrogen-bond donors (Lipinski definition) is 2. The van der Waals surface area contributed by atoms with E-state index in [4.69, 9.17) is 11.6 Å². The molecular formula is C18H18ClFN4O2S. The summed E-state index contributed by atoms with van der Waals surface area (Å²) in [6.45, 7) is 0.171. The fourth-order valence-electron chi connectivity index (χ4n) is 2.56. The van der Waals surface area contributed by atoms with Crippen LogP contribution in [-0.4, -0.2) is 30.1 Å². The number of benzene rings is 2. The van der Waals surface area contributed by atoms with Crippen molar-refractivity contribution in [1.29, 1.82) is 0 Å². The van der Waals surface area contributed by atoms with Crippen molar-refractivity contribution in [2.24, 2.45) is 0 Å². The Morgan fingerprint density at radius 3 is 2.74 bits per heavy atom. The van der Waals surface area contributed by atoms with Gasteiger partial charge in [-0.25, -0.2) is 22.5 Å². The summed E-state index contributed by atoms with van der Waals surface area (Å²) in [4.78, 5) is 4.31. The number of halogens is 2. The summed E-state index contributed by atoms with van der Waals surface area (Å²) in [6, 6.07) is 13.1. The van der Waals surface area contributed by atoms with Crippen molar-refractivity contribution in [1.82, 2.24) is 19.9 Å². The molecule has 0 atom stereocenters. The molecule has 142 valence electrons. The summed E-state index contributed by atoms with van der Waals surface area (Å²) in [6.07, 6.45) is 0.754. The molecule has 0 spiro atoms. The Bertz CT molecular complexity index is 1020. The SMILES string of the molecule is O=S(=O)(Cc1ccccc1Cl)NCCc1n[nH]c(Cc2cccc(F)c2)n1. The van der Waals surface area contributed by atoms with Gasteiger partial charge in [0.2, 0.25) is 10.0 Å². The van der Waals surface area contributed by atoms with Gasteiger partial charge in [-0.1, -0.05) is 41.9 Å². The van der Waals surface area contributed by atoms with Crippen molar-refractivity contribution in [2.75, 3.05) is 6.54 Å². The number of rotatable bonds is 8. The minimum absolute atomic E-state index is 0.171. The van der Waals surface area contributed by atoms with Crippen molar-refractivity contribution in [2.45, 2.75) is 18.6 Å². The molecule has 2 N–H and O–H groups in total. The van der Waals surface area contributed by atoms with Crippen molar-refractivity contribution < 1.29 is 12.8 Å². The van der Waals surface area contributed by atoms with Gasteiger partial charge in [0, 0.05) is 24.4 Å². The third kappa shape index (κ3) is 5.85. The number of H-pyrrole nitrogens is 1. The highest BCUT2D eigenvalue weighted by Gasteiger charge is 2.14. The van der Waals surface area contributed by atoms with Crippen LogP contribution in [0.25, 0.3) is 0 Å². The summed E-state index contributed by atoms with van der Waals surface area (Å²) in [5.74, 6) is 0.586. The second-order valence-corrected chi connectivity index (χ2v) is 8.21. The lowest BCUT2D eigenvalue weighted by Crippen LogP contribution is -2.27. The standard InChI is InChI=1S/C18H18ClFN4O2S/c19-16-7-2-1-5-14(16)12-27(25,26)21-9-8-17-22-18(24-23-17)11-13-4-3-6-15(20)10-13/h1-7,10,21H,8-9,11-12H2,(H,22,23,24). The molecule has 6 nitrogen and oxygen atoms in total. The highest BCUT2D eigenvalue weighted by molar-refractivity contribution is 7.88. The molecule has 0 unspecified atom stereocenters. The molecule has 1 heterocycles. The van der Waals surface area contributed by atoms with Crippen LogP contribution in [0.1, 0.15) is 22.8 Å². The number of hydrogen-bond acceptors (Lipinski definition) is 4. The van der Waals surface area contributed by atoms with E-state index in [1.165, 1.54) is 12.1 Å². The average molecular weight is 409 g/mol. The minimum atomic E-state index is -3.52. The third-order valence-corrected chi connectivity index (χ3v) is 5.52. The Balaban J connectivity index is 1.52. The molecule has 0 saturated heterocycles. The van der Waals surface area contributed by atoms with E-state index in [9.17, 15) is 12.8 Å². The molecule has 0 saturated carbocycles. The largest absolute Gasteiger partial charge is 0.263 e. The van der Waals surface area contributed by atoms with E-state index in [1.807, 2.05) is 0 Å². The number of aromatic nitrogens is 3. The molecule has 0 aliphatic heterocycles. The first kappa shape index (κ1) is 19.5. The highest BCUT2D eigenvalue weighted by Crippen LogP contribution is 2.17. The lowest BCUT2D eigenvalue weighted by Gasteiger charge is -2.07. The first-order valence-corrected chi connectivity index (χ1v) is 10.3. The van der Waals surface area contributed by atoms with Crippen LogP contribution >= 0.6 is 11.6 Å². The predicted molar refractivity (Wildman–Crippen MR) is 101 cm³/mol. The Morgan fingerprint density at radius 2 is 1.96 bits per heavy atom. The van der Waals surface area contributed by atoms with Crippen LogP contribution in [0.3, 0.4) is 0 Å². The lowest BCUT2D eigenvalue weighted by molar-refractivity contribution is 0.580. The van der Waals surface area contributed by atoms with E-state index >= 15 is 0 Å². The van der Waals surface area contributed by atoms with Gasteiger partial charge in [-0.2, -0.15) is 5.10 Å². The number of sulfonamides is 1. The second-order valence-electron chi connectivity index (χ2n) is 6.00. The first-order valence-electron chi connectivity index (χ1n) is 8.27. The maximum Gasteiger partial charge on any atom is 0.215 e. The molecule has 0 bridgehead atoms. The minimum Gasteiger partial charge on any atom is -0.263 e. The van der Waals surface area contributed by atoms with E-state index in [1.54, 1.807) is 36.4 Å². The van der Waals surface area contributed by atoms with E-state index in [0.717, 1.165) is 5.56 Å². The molecule has 3 rings (SSSR count). The van der Waals surface area contributed by atoms with E-state index in [0.29, 0.717) is 35.1 Å². The van der Waals surface area contributed by atoms with Gasteiger partial charge in [-0.3, -0.25) is 5.10 Å². The normalized spacial score (nSPS) is 11.6. The Labute approximate surface area is 161 Å². The molecule has 1 aromatic heterocycles. The summed E-state index contributed by atoms with van der Waals surface area (Å²) in [5.41, 5.74) is 1.32. The molecule has 27 heavy (non-hydrogen) atoms. The lowest BCUT2D eigenvalue weighted by atomic mass is 10.1. The van der Waals surface area contributed by atoms with Gasteiger partial charge in [0.15, 0.2) is 5.82 Å².